The van der Waals surface area contributed by atoms with Crippen LogP contribution in [0.25, 0.3) is 0 Å². The first-order valence-electron chi connectivity index (χ1n) is 11.1. The maximum absolute atomic E-state index is 13.1. The van der Waals surface area contributed by atoms with Gasteiger partial charge in [0.15, 0.2) is 5.75 Å². The van der Waals surface area contributed by atoms with Crippen molar-refractivity contribution < 1.29 is 31.1 Å². The SMILES string of the molecule is COc1ccc(CCN2C(=O)N(NS(=O)(=O)CC(F)(F)F)CC2c2ccc(C(C)(C)C)cc2)cc1. The number of urea groups is 1. The van der Waals surface area contributed by atoms with E-state index in [-0.39, 0.29) is 18.5 Å². The van der Waals surface area contributed by atoms with Gasteiger partial charge in [-0.05, 0) is 40.7 Å². The Hall–Kier alpha value is -2.79. The van der Waals surface area contributed by atoms with Crippen molar-refractivity contribution in [2.45, 2.75) is 44.8 Å². The number of rotatable bonds is 8. The Morgan fingerprint density at radius 1 is 1.03 bits per heavy atom. The number of hydrogen-bond donors (Lipinski definition) is 1. The van der Waals surface area contributed by atoms with E-state index < -0.39 is 34.0 Å². The fourth-order valence-corrected chi connectivity index (χ4v) is 4.90. The second kappa shape index (κ2) is 10.1. The van der Waals surface area contributed by atoms with Gasteiger partial charge in [0.2, 0.25) is 10.0 Å². The predicted molar refractivity (Wildman–Crippen MR) is 126 cm³/mol. The van der Waals surface area contributed by atoms with Crippen molar-refractivity contribution in [3.05, 3.63) is 65.2 Å². The Morgan fingerprint density at radius 2 is 1.63 bits per heavy atom. The highest BCUT2D eigenvalue weighted by molar-refractivity contribution is 7.89. The van der Waals surface area contributed by atoms with E-state index in [0.717, 1.165) is 21.7 Å². The van der Waals surface area contributed by atoms with Crippen molar-refractivity contribution in [2.75, 3.05) is 26.0 Å². The molecule has 0 aromatic heterocycles. The van der Waals surface area contributed by atoms with E-state index in [1.165, 1.54) is 4.90 Å². The third-order valence-electron chi connectivity index (χ3n) is 5.77. The molecule has 35 heavy (non-hydrogen) atoms. The highest BCUT2D eigenvalue weighted by Gasteiger charge is 2.42. The Kier molecular flexibility index (Phi) is 7.71. The lowest BCUT2D eigenvalue weighted by molar-refractivity contribution is -0.106. The lowest BCUT2D eigenvalue weighted by atomic mass is 9.86. The molecule has 1 aliphatic rings. The van der Waals surface area contributed by atoms with E-state index in [4.69, 9.17) is 4.74 Å². The van der Waals surface area contributed by atoms with E-state index in [0.29, 0.717) is 12.2 Å². The van der Waals surface area contributed by atoms with Crippen LogP contribution in [0.5, 0.6) is 5.75 Å². The molecule has 1 fully saturated rings. The molecule has 1 aliphatic heterocycles. The quantitative estimate of drug-likeness (QED) is 0.567. The summed E-state index contributed by atoms with van der Waals surface area (Å²) in [5.74, 6) is -1.38. The lowest BCUT2D eigenvalue weighted by Gasteiger charge is -2.25. The monoisotopic (exact) mass is 513 g/mol. The number of nitrogens with zero attached hydrogens (tertiary/aromatic N) is 2. The highest BCUT2D eigenvalue weighted by Crippen LogP contribution is 2.31. The highest BCUT2D eigenvalue weighted by atomic mass is 32.2. The van der Waals surface area contributed by atoms with Crippen LogP contribution in [-0.4, -0.2) is 56.5 Å². The molecular formula is C24H30F3N3O4S. The van der Waals surface area contributed by atoms with Crippen LogP contribution in [0.1, 0.15) is 43.5 Å². The third kappa shape index (κ3) is 7.11. The van der Waals surface area contributed by atoms with Crippen LogP contribution in [0.15, 0.2) is 48.5 Å². The normalized spacial score (nSPS) is 17.2. The van der Waals surface area contributed by atoms with Crippen molar-refractivity contribution in [2.24, 2.45) is 0 Å². The zero-order valence-corrected chi connectivity index (χ0v) is 20.9. The fraction of sp³-hybridized carbons (Fsp3) is 0.458. The van der Waals surface area contributed by atoms with Gasteiger partial charge in [0, 0.05) is 6.54 Å². The average Bonchev–Trinajstić information content (AvgIpc) is 3.05. The summed E-state index contributed by atoms with van der Waals surface area (Å²) in [5.41, 5.74) is 2.69. The summed E-state index contributed by atoms with van der Waals surface area (Å²) in [4.78, 5) is 16.4. The lowest BCUT2D eigenvalue weighted by Crippen LogP contribution is -2.47. The number of alkyl halides is 3. The number of ether oxygens (including phenoxy) is 1. The van der Waals surface area contributed by atoms with Crippen LogP contribution in [0.4, 0.5) is 18.0 Å². The van der Waals surface area contributed by atoms with E-state index in [1.807, 2.05) is 41.2 Å². The number of amides is 2. The molecule has 1 saturated heterocycles. The van der Waals surface area contributed by atoms with Gasteiger partial charge in [0.1, 0.15) is 5.75 Å². The molecule has 0 aliphatic carbocycles. The molecule has 1 unspecified atom stereocenters. The molecule has 0 bridgehead atoms. The Labute approximate surface area is 203 Å². The summed E-state index contributed by atoms with van der Waals surface area (Å²) in [6.45, 7) is 6.33. The molecule has 11 heteroatoms. The summed E-state index contributed by atoms with van der Waals surface area (Å²) in [6, 6.07) is 13.7. The van der Waals surface area contributed by atoms with Gasteiger partial charge < -0.3 is 9.64 Å². The minimum absolute atomic E-state index is 0.0860. The largest absolute Gasteiger partial charge is 0.497 e. The number of halogens is 3. The van der Waals surface area contributed by atoms with Gasteiger partial charge in [-0.25, -0.2) is 18.2 Å². The first-order chi connectivity index (χ1) is 16.2. The standard InChI is InChI=1S/C24H30F3N3O4S/c1-23(2,3)19-9-7-18(8-10-19)21-15-30(28-35(32,33)16-24(25,26)27)22(31)29(21)14-13-17-5-11-20(34-4)12-6-17/h5-12,21,28H,13-16H2,1-4H3. The first-order valence-corrected chi connectivity index (χ1v) is 12.7. The molecule has 192 valence electrons. The smallest absolute Gasteiger partial charge is 0.404 e. The molecular weight excluding hydrogens is 483 g/mol. The molecule has 2 aromatic rings. The molecule has 0 spiro atoms. The summed E-state index contributed by atoms with van der Waals surface area (Å²) < 4.78 is 67.3. The molecule has 1 heterocycles. The number of nitrogens with one attached hydrogen (secondary N) is 1. The van der Waals surface area contributed by atoms with Crippen LogP contribution >= 0.6 is 0 Å². The summed E-state index contributed by atoms with van der Waals surface area (Å²) in [5, 5.41) is 0.747. The van der Waals surface area contributed by atoms with E-state index >= 15 is 0 Å². The Bertz CT molecular complexity index is 1130. The van der Waals surface area contributed by atoms with E-state index in [2.05, 4.69) is 20.8 Å². The van der Waals surface area contributed by atoms with Gasteiger partial charge in [-0.1, -0.05) is 57.2 Å². The Balaban J connectivity index is 1.84. The number of carbonyl (C=O) groups is 1. The molecule has 2 aromatic carbocycles. The molecule has 0 radical (unpaired) electrons. The number of hydrogen-bond acceptors (Lipinski definition) is 4. The summed E-state index contributed by atoms with van der Waals surface area (Å²) in [7, 11) is -3.24. The molecule has 0 saturated carbocycles. The molecule has 3 rings (SSSR count). The van der Waals surface area contributed by atoms with Crippen molar-refractivity contribution in [3.63, 3.8) is 0 Å². The minimum Gasteiger partial charge on any atom is -0.497 e. The second-order valence-electron chi connectivity index (χ2n) is 9.54. The third-order valence-corrected chi connectivity index (χ3v) is 6.98. The zero-order valence-electron chi connectivity index (χ0n) is 20.1. The second-order valence-corrected chi connectivity index (χ2v) is 11.2. The fourth-order valence-electron chi connectivity index (χ4n) is 3.91. The van der Waals surface area contributed by atoms with Crippen molar-refractivity contribution >= 4 is 16.1 Å². The maximum atomic E-state index is 13.1. The topological polar surface area (TPSA) is 79.0 Å². The number of hydrazine groups is 1. The first kappa shape index (κ1) is 26.8. The van der Waals surface area contributed by atoms with Crippen LogP contribution < -0.4 is 9.57 Å². The number of methoxy groups -OCH3 is 1. The number of carbonyl (C=O) groups excluding carboxylic acids is 1. The van der Waals surface area contributed by atoms with E-state index in [1.54, 1.807) is 19.2 Å². The number of benzene rings is 2. The van der Waals surface area contributed by atoms with Crippen molar-refractivity contribution in [3.8, 4) is 5.75 Å². The molecule has 7 nitrogen and oxygen atoms in total. The van der Waals surface area contributed by atoms with Gasteiger partial charge >= 0.3 is 12.2 Å². The van der Waals surface area contributed by atoms with Crippen LogP contribution in [0.2, 0.25) is 0 Å². The summed E-state index contributed by atoms with van der Waals surface area (Å²) >= 11 is 0. The van der Waals surface area contributed by atoms with Gasteiger partial charge in [0.25, 0.3) is 0 Å². The van der Waals surface area contributed by atoms with Crippen LogP contribution in [0.3, 0.4) is 0 Å². The van der Waals surface area contributed by atoms with Gasteiger partial charge in [0.05, 0.1) is 19.7 Å². The zero-order chi connectivity index (χ0) is 26.0. The predicted octanol–water partition coefficient (Wildman–Crippen LogP) is 4.41. The van der Waals surface area contributed by atoms with Crippen LogP contribution in [-0.2, 0) is 21.9 Å². The van der Waals surface area contributed by atoms with Gasteiger partial charge in [-0.2, -0.15) is 13.2 Å². The molecule has 2 amide bonds. The minimum atomic E-state index is -4.93. The van der Waals surface area contributed by atoms with Crippen molar-refractivity contribution in [1.82, 2.24) is 14.7 Å². The van der Waals surface area contributed by atoms with Crippen LogP contribution in [0, 0.1) is 0 Å². The average molecular weight is 514 g/mol. The summed E-state index contributed by atoms with van der Waals surface area (Å²) in [6.07, 6.45) is -4.46. The van der Waals surface area contributed by atoms with Gasteiger partial charge in [-0.15, -0.1) is 4.83 Å². The van der Waals surface area contributed by atoms with Gasteiger partial charge in [-0.3, -0.25) is 0 Å². The van der Waals surface area contributed by atoms with Crippen molar-refractivity contribution in [1.29, 1.82) is 0 Å². The molecule has 1 N–H and O–H groups in total. The Morgan fingerprint density at radius 3 is 2.14 bits per heavy atom. The molecule has 1 atom stereocenters. The maximum Gasteiger partial charge on any atom is 0.404 e. The van der Waals surface area contributed by atoms with E-state index in [9.17, 15) is 26.4 Å². The number of sulfonamides is 1.